The van der Waals surface area contributed by atoms with E-state index in [4.69, 9.17) is 0 Å². The van der Waals surface area contributed by atoms with Crippen molar-refractivity contribution in [1.29, 1.82) is 0 Å². The summed E-state index contributed by atoms with van der Waals surface area (Å²) < 4.78 is 0. The van der Waals surface area contributed by atoms with E-state index in [1.807, 2.05) is 0 Å². The Kier molecular flexibility index (Phi) is 1.70. The van der Waals surface area contributed by atoms with Gasteiger partial charge in [0.2, 0.25) is 0 Å². The minimum Gasteiger partial charge on any atom is -0.300 e. The molecular weight excluding hydrogens is 166 g/mol. The van der Waals surface area contributed by atoms with Gasteiger partial charge in [0, 0.05) is 18.3 Å². The molecule has 2 heterocycles. The van der Waals surface area contributed by atoms with Gasteiger partial charge in [-0.15, -0.1) is 0 Å². The molecule has 3 fully saturated rings. The van der Waals surface area contributed by atoms with Crippen LogP contribution < -0.4 is 0 Å². The topological polar surface area (TPSA) is 3.24 Å². The normalized spacial score (nSPS) is 43.0. The Bertz CT molecular complexity index is 182. The predicted octanol–water partition coefficient (Wildman–Crippen LogP) is 1.98. The molecule has 0 aromatic rings. The van der Waals surface area contributed by atoms with Gasteiger partial charge >= 0.3 is 0 Å². The molecule has 1 nitrogen and oxygen atoms in total. The Labute approximate surface area is 78.9 Å². The predicted molar refractivity (Wildman–Crippen MR) is 53.6 cm³/mol. The van der Waals surface area contributed by atoms with Gasteiger partial charge < -0.3 is 0 Å². The molecule has 1 unspecified atom stereocenters. The minimum absolute atomic E-state index is 0.771. The smallest absolute Gasteiger partial charge is 0.00966 e. The van der Waals surface area contributed by atoms with E-state index in [0.29, 0.717) is 0 Å². The van der Waals surface area contributed by atoms with Crippen molar-refractivity contribution in [1.82, 2.24) is 4.90 Å². The summed E-state index contributed by atoms with van der Waals surface area (Å²) in [5, 5.41) is 0. The van der Waals surface area contributed by atoms with Crippen molar-refractivity contribution in [2.75, 3.05) is 24.6 Å². The summed E-state index contributed by atoms with van der Waals surface area (Å²) in [6, 6.07) is 1.01. The van der Waals surface area contributed by atoms with Gasteiger partial charge in [-0.25, -0.2) is 0 Å². The van der Waals surface area contributed by atoms with Crippen LogP contribution in [0.5, 0.6) is 0 Å². The second kappa shape index (κ2) is 2.65. The molecule has 0 radical (unpaired) electrons. The van der Waals surface area contributed by atoms with Gasteiger partial charge in [-0.05, 0) is 43.4 Å². The summed E-state index contributed by atoms with van der Waals surface area (Å²) in [6.45, 7) is 2.84. The van der Waals surface area contributed by atoms with Crippen LogP contribution in [0.15, 0.2) is 0 Å². The van der Waals surface area contributed by atoms with Crippen molar-refractivity contribution in [3.05, 3.63) is 0 Å². The van der Waals surface area contributed by atoms with Crippen molar-refractivity contribution >= 4 is 11.8 Å². The lowest BCUT2D eigenvalue weighted by atomic mass is 9.87. The fourth-order valence-electron chi connectivity index (χ4n) is 2.69. The second-order valence-electron chi connectivity index (χ2n) is 4.75. The molecule has 0 N–H and O–H groups in total. The Morgan fingerprint density at radius 2 is 2.17 bits per heavy atom. The second-order valence-corrected chi connectivity index (χ2v) is 5.86. The molecule has 2 aliphatic heterocycles. The number of rotatable bonds is 1. The third-order valence-electron chi connectivity index (χ3n) is 3.72. The maximum Gasteiger partial charge on any atom is 0.00966 e. The van der Waals surface area contributed by atoms with Crippen LogP contribution in [0.25, 0.3) is 0 Å². The highest BCUT2D eigenvalue weighted by molar-refractivity contribution is 7.99. The molecule has 0 amide bonds. The molecule has 0 aromatic heterocycles. The maximum atomic E-state index is 2.76. The number of thioether (sulfide) groups is 1. The fourth-order valence-corrected chi connectivity index (χ4v) is 4.23. The first-order valence-corrected chi connectivity index (χ1v) is 6.35. The quantitative estimate of drug-likeness (QED) is 0.611. The zero-order chi connectivity index (χ0) is 8.02. The van der Waals surface area contributed by atoms with E-state index in [1.165, 1.54) is 50.3 Å². The molecule has 3 rings (SSSR count). The van der Waals surface area contributed by atoms with E-state index in [9.17, 15) is 0 Å². The first-order chi connectivity index (χ1) is 5.88. The average molecular weight is 183 g/mol. The third kappa shape index (κ3) is 1.20. The van der Waals surface area contributed by atoms with Crippen LogP contribution in [-0.4, -0.2) is 35.5 Å². The lowest BCUT2D eigenvalue weighted by molar-refractivity contribution is 0.272. The summed E-state index contributed by atoms with van der Waals surface area (Å²) in [4.78, 5) is 2.76. The number of likely N-dealkylation sites (tertiary alicyclic amines) is 1. The van der Waals surface area contributed by atoms with E-state index in [1.54, 1.807) is 0 Å². The Morgan fingerprint density at radius 1 is 1.25 bits per heavy atom. The van der Waals surface area contributed by atoms with Crippen molar-refractivity contribution in [2.24, 2.45) is 5.41 Å². The van der Waals surface area contributed by atoms with E-state index < -0.39 is 0 Å². The number of hydrogen-bond donors (Lipinski definition) is 0. The fraction of sp³-hybridized carbons (Fsp3) is 1.00. The molecule has 0 bridgehead atoms. The Hall–Kier alpha value is 0.310. The van der Waals surface area contributed by atoms with E-state index in [0.717, 1.165) is 11.5 Å². The standard InChI is InChI=1S/C10H17NS/c1-2-9(1)11-5-3-10(7-11)4-6-12-8-10/h9H,1-8H2. The first-order valence-electron chi connectivity index (χ1n) is 5.20. The lowest BCUT2D eigenvalue weighted by Crippen LogP contribution is -2.28. The van der Waals surface area contributed by atoms with Gasteiger partial charge in [0.15, 0.2) is 0 Å². The van der Waals surface area contributed by atoms with E-state index >= 15 is 0 Å². The maximum absolute atomic E-state index is 2.76. The van der Waals surface area contributed by atoms with Crippen molar-refractivity contribution in [2.45, 2.75) is 31.7 Å². The van der Waals surface area contributed by atoms with Crippen molar-refractivity contribution in [3.63, 3.8) is 0 Å². The van der Waals surface area contributed by atoms with Gasteiger partial charge in [-0.3, -0.25) is 4.90 Å². The summed E-state index contributed by atoms with van der Waals surface area (Å²) in [7, 11) is 0. The first kappa shape index (κ1) is 7.69. The van der Waals surface area contributed by atoms with Crippen LogP contribution in [0.2, 0.25) is 0 Å². The monoisotopic (exact) mass is 183 g/mol. The zero-order valence-electron chi connectivity index (χ0n) is 7.59. The van der Waals surface area contributed by atoms with Gasteiger partial charge in [0.1, 0.15) is 0 Å². The van der Waals surface area contributed by atoms with Gasteiger partial charge in [0.25, 0.3) is 0 Å². The summed E-state index contributed by atoms with van der Waals surface area (Å²) in [6.07, 6.45) is 5.98. The molecule has 3 aliphatic rings. The van der Waals surface area contributed by atoms with Gasteiger partial charge in [-0.2, -0.15) is 11.8 Å². The lowest BCUT2D eigenvalue weighted by Gasteiger charge is -2.22. The third-order valence-corrected chi connectivity index (χ3v) is 5.03. The minimum atomic E-state index is 0.771. The van der Waals surface area contributed by atoms with Crippen molar-refractivity contribution < 1.29 is 0 Å². The average Bonchev–Trinajstić information content (AvgIpc) is 2.72. The molecule has 0 aromatic carbocycles. The van der Waals surface area contributed by atoms with Crippen LogP contribution in [-0.2, 0) is 0 Å². The van der Waals surface area contributed by atoms with E-state index in [2.05, 4.69) is 16.7 Å². The molecule has 1 atom stereocenters. The number of hydrogen-bond acceptors (Lipinski definition) is 2. The largest absolute Gasteiger partial charge is 0.300 e. The molecule has 1 aliphatic carbocycles. The van der Waals surface area contributed by atoms with Gasteiger partial charge in [-0.1, -0.05) is 0 Å². The molecule has 2 heteroatoms. The highest BCUT2D eigenvalue weighted by atomic mass is 32.2. The van der Waals surface area contributed by atoms with Crippen LogP contribution in [0, 0.1) is 5.41 Å². The summed E-state index contributed by atoms with van der Waals surface area (Å²) >= 11 is 2.18. The zero-order valence-corrected chi connectivity index (χ0v) is 8.41. The Balaban J connectivity index is 1.68. The van der Waals surface area contributed by atoms with Crippen LogP contribution >= 0.6 is 11.8 Å². The van der Waals surface area contributed by atoms with Gasteiger partial charge in [0.05, 0.1) is 0 Å². The van der Waals surface area contributed by atoms with Crippen LogP contribution in [0.1, 0.15) is 25.7 Å². The summed E-state index contributed by atoms with van der Waals surface area (Å²) in [5.41, 5.74) is 0.771. The van der Waals surface area contributed by atoms with Crippen molar-refractivity contribution in [3.8, 4) is 0 Å². The SMILES string of the molecule is C1CC2(CCN(C3CC3)C2)CS1. The molecule has 2 saturated heterocycles. The molecule has 1 saturated carbocycles. The molecule has 1 spiro atoms. The van der Waals surface area contributed by atoms with E-state index in [-0.39, 0.29) is 0 Å². The molecule has 68 valence electrons. The Morgan fingerprint density at radius 3 is 2.83 bits per heavy atom. The molecule has 12 heavy (non-hydrogen) atoms. The summed E-state index contributed by atoms with van der Waals surface area (Å²) in [5.74, 6) is 2.88. The van der Waals surface area contributed by atoms with Crippen LogP contribution in [0.3, 0.4) is 0 Å². The highest BCUT2D eigenvalue weighted by Crippen LogP contribution is 2.45. The molecular formula is C10H17NS. The highest BCUT2D eigenvalue weighted by Gasteiger charge is 2.44. The van der Waals surface area contributed by atoms with Crippen LogP contribution in [0.4, 0.5) is 0 Å². The number of nitrogens with zero attached hydrogens (tertiary/aromatic N) is 1.